The van der Waals surface area contributed by atoms with E-state index in [1.165, 1.54) is 37.7 Å². The topological polar surface area (TPSA) is 30.5 Å². The number of rotatable bonds is 1. The van der Waals surface area contributed by atoms with E-state index in [1.807, 2.05) is 0 Å². The molecule has 3 heteroatoms. The van der Waals surface area contributed by atoms with Gasteiger partial charge in [0.25, 0.3) is 0 Å². The summed E-state index contributed by atoms with van der Waals surface area (Å²) < 4.78 is 10.9. The van der Waals surface area contributed by atoms with E-state index >= 15 is 0 Å². The van der Waals surface area contributed by atoms with Crippen molar-refractivity contribution in [3.05, 3.63) is 23.8 Å². The van der Waals surface area contributed by atoms with Gasteiger partial charge in [-0.05, 0) is 49.4 Å². The molecule has 4 rings (SSSR count). The van der Waals surface area contributed by atoms with Crippen LogP contribution in [0.5, 0.6) is 11.5 Å². The van der Waals surface area contributed by atoms with E-state index in [-0.39, 0.29) is 5.54 Å². The van der Waals surface area contributed by atoms with E-state index < -0.39 is 0 Å². The van der Waals surface area contributed by atoms with Gasteiger partial charge in [0, 0.05) is 5.54 Å². The van der Waals surface area contributed by atoms with E-state index in [2.05, 4.69) is 23.5 Å². The second kappa shape index (κ2) is 3.89. The van der Waals surface area contributed by atoms with Crippen LogP contribution in [0, 0.1) is 5.92 Å². The third kappa shape index (κ3) is 1.40. The lowest BCUT2D eigenvalue weighted by molar-refractivity contribution is 0.173. The largest absolute Gasteiger partial charge is 0.454 e. The Hall–Kier alpha value is -1.22. The molecule has 18 heavy (non-hydrogen) atoms. The van der Waals surface area contributed by atoms with Crippen molar-refractivity contribution in [2.24, 2.45) is 5.92 Å². The van der Waals surface area contributed by atoms with Gasteiger partial charge in [0.15, 0.2) is 11.5 Å². The maximum atomic E-state index is 5.53. The Morgan fingerprint density at radius 3 is 3.06 bits per heavy atom. The Labute approximate surface area is 107 Å². The second-order valence-electron chi connectivity index (χ2n) is 5.70. The predicted molar refractivity (Wildman–Crippen MR) is 68.8 cm³/mol. The van der Waals surface area contributed by atoms with Gasteiger partial charge in [0.05, 0.1) is 0 Å². The van der Waals surface area contributed by atoms with E-state index in [0.29, 0.717) is 6.79 Å². The molecule has 3 nitrogen and oxygen atoms in total. The van der Waals surface area contributed by atoms with Gasteiger partial charge in [-0.3, -0.25) is 0 Å². The number of benzene rings is 1. The lowest BCUT2D eigenvalue weighted by Crippen LogP contribution is -2.43. The van der Waals surface area contributed by atoms with Crippen LogP contribution in [0.15, 0.2) is 18.2 Å². The molecule has 1 aliphatic carbocycles. The molecule has 96 valence electrons. The van der Waals surface area contributed by atoms with Crippen molar-refractivity contribution >= 4 is 0 Å². The van der Waals surface area contributed by atoms with Gasteiger partial charge in [0.2, 0.25) is 6.79 Å². The Bertz CT molecular complexity index is 474. The van der Waals surface area contributed by atoms with Gasteiger partial charge >= 0.3 is 0 Å². The van der Waals surface area contributed by atoms with Gasteiger partial charge in [-0.2, -0.15) is 0 Å². The zero-order chi connectivity index (χ0) is 12.0. The van der Waals surface area contributed by atoms with E-state index in [1.54, 1.807) is 0 Å². The third-order valence-electron chi connectivity index (χ3n) is 4.89. The summed E-state index contributed by atoms with van der Waals surface area (Å²) in [6.07, 6.45) is 6.66. The maximum absolute atomic E-state index is 5.53. The van der Waals surface area contributed by atoms with E-state index in [9.17, 15) is 0 Å². The fourth-order valence-corrected chi connectivity index (χ4v) is 3.99. The molecule has 3 aliphatic rings. The number of nitrogens with one attached hydrogen (secondary N) is 1. The zero-order valence-corrected chi connectivity index (χ0v) is 10.6. The SMILES string of the molecule is c1cc2c(cc1[C@]13CCCC[C@H]1CCN3)OCO2. The highest BCUT2D eigenvalue weighted by atomic mass is 16.7. The molecule has 1 aromatic carbocycles. The first-order valence-corrected chi connectivity index (χ1v) is 7.04. The van der Waals surface area contributed by atoms with Crippen molar-refractivity contribution in [2.75, 3.05) is 13.3 Å². The smallest absolute Gasteiger partial charge is 0.231 e. The first-order valence-electron chi connectivity index (χ1n) is 7.04. The normalized spacial score (nSPS) is 33.4. The molecule has 1 N–H and O–H groups in total. The van der Waals surface area contributed by atoms with Gasteiger partial charge < -0.3 is 14.8 Å². The molecule has 0 amide bonds. The molecule has 1 saturated carbocycles. The van der Waals surface area contributed by atoms with Crippen LogP contribution in [0.1, 0.15) is 37.7 Å². The van der Waals surface area contributed by atoms with Crippen LogP contribution in [0.3, 0.4) is 0 Å². The average molecular weight is 245 g/mol. The molecular formula is C15H19NO2. The molecule has 0 spiro atoms. The van der Waals surface area contributed by atoms with Crippen LogP contribution in [-0.2, 0) is 5.54 Å². The standard InChI is InChI=1S/C15H19NO2/c1-2-7-15(11(3-1)6-8-16-15)12-4-5-13-14(9-12)18-10-17-13/h4-5,9,11,16H,1-3,6-8,10H2/t11-,15-/m0/s1. The lowest BCUT2D eigenvalue weighted by atomic mass is 9.70. The predicted octanol–water partition coefficient (Wildman–Crippen LogP) is 2.79. The van der Waals surface area contributed by atoms with Crippen LogP contribution >= 0.6 is 0 Å². The first-order chi connectivity index (χ1) is 8.88. The van der Waals surface area contributed by atoms with Gasteiger partial charge in [-0.25, -0.2) is 0 Å². The quantitative estimate of drug-likeness (QED) is 0.825. The number of hydrogen-bond donors (Lipinski definition) is 1. The van der Waals surface area contributed by atoms with Crippen molar-refractivity contribution in [2.45, 2.75) is 37.6 Å². The first kappa shape index (κ1) is 10.7. The molecular weight excluding hydrogens is 226 g/mol. The lowest BCUT2D eigenvalue weighted by Gasteiger charge is -2.40. The molecule has 0 unspecified atom stereocenters. The molecule has 2 heterocycles. The van der Waals surface area contributed by atoms with Crippen molar-refractivity contribution in [3.8, 4) is 11.5 Å². The fraction of sp³-hybridized carbons (Fsp3) is 0.600. The summed E-state index contributed by atoms with van der Waals surface area (Å²) in [6, 6.07) is 6.49. The third-order valence-corrected chi connectivity index (χ3v) is 4.89. The monoisotopic (exact) mass is 245 g/mol. The number of ether oxygens (including phenoxy) is 2. The van der Waals surface area contributed by atoms with Gasteiger partial charge in [-0.15, -0.1) is 0 Å². The van der Waals surface area contributed by atoms with Crippen molar-refractivity contribution in [1.82, 2.24) is 5.32 Å². The second-order valence-corrected chi connectivity index (χ2v) is 5.70. The molecule has 1 saturated heterocycles. The Morgan fingerprint density at radius 1 is 1.11 bits per heavy atom. The summed E-state index contributed by atoms with van der Waals surface area (Å²) in [5.41, 5.74) is 1.60. The van der Waals surface area contributed by atoms with Crippen molar-refractivity contribution in [3.63, 3.8) is 0 Å². The highest BCUT2D eigenvalue weighted by Crippen LogP contribution is 2.48. The highest BCUT2D eigenvalue weighted by Gasteiger charge is 2.45. The minimum Gasteiger partial charge on any atom is -0.454 e. The molecule has 0 bridgehead atoms. The molecule has 0 aromatic heterocycles. The highest BCUT2D eigenvalue weighted by molar-refractivity contribution is 5.47. The Morgan fingerprint density at radius 2 is 2.06 bits per heavy atom. The zero-order valence-electron chi connectivity index (χ0n) is 10.6. The molecule has 2 aliphatic heterocycles. The Balaban J connectivity index is 1.76. The fourth-order valence-electron chi connectivity index (χ4n) is 3.99. The number of fused-ring (bicyclic) bond motifs is 2. The van der Waals surface area contributed by atoms with Crippen molar-refractivity contribution in [1.29, 1.82) is 0 Å². The van der Waals surface area contributed by atoms with Crippen LogP contribution < -0.4 is 14.8 Å². The summed E-state index contributed by atoms with van der Waals surface area (Å²) in [5.74, 6) is 2.60. The van der Waals surface area contributed by atoms with E-state index in [4.69, 9.17) is 9.47 Å². The molecule has 1 aromatic rings. The van der Waals surface area contributed by atoms with Crippen molar-refractivity contribution < 1.29 is 9.47 Å². The minimum absolute atomic E-state index is 0.208. The van der Waals surface area contributed by atoms with Gasteiger partial charge in [-0.1, -0.05) is 18.9 Å². The van der Waals surface area contributed by atoms with Gasteiger partial charge in [0.1, 0.15) is 0 Å². The molecule has 2 atom stereocenters. The van der Waals surface area contributed by atoms with Crippen LogP contribution in [-0.4, -0.2) is 13.3 Å². The molecule has 2 fully saturated rings. The average Bonchev–Trinajstić information content (AvgIpc) is 3.04. The summed E-state index contributed by atoms with van der Waals surface area (Å²) in [5, 5.41) is 3.78. The summed E-state index contributed by atoms with van der Waals surface area (Å²) >= 11 is 0. The van der Waals surface area contributed by atoms with Crippen LogP contribution in [0.2, 0.25) is 0 Å². The summed E-state index contributed by atoms with van der Waals surface area (Å²) in [6.45, 7) is 1.52. The van der Waals surface area contributed by atoms with E-state index in [0.717, 1.165) is 24.0 Å². The summed E-state index contributed by atoms with van der Waals surface area (Å²) in [4.78, 5) is 0. The summed E-state index contributed by atoms with van der Waals surface area (Å²) in [7, 11) is 0. The van der Waals surface area contributed by atoms with Crippen LogP contribution in [0.25, 0.3) is 0 Å². The Kier molecular flexibility index (Phi) is 2.31. The molecule has 0 radical (unpaired) electrons. The van der Waals surface area contributed by atoms with Crippen LogP contribution in [0.4, 0.5) is 0 Å². The maximum Gasteiger partial charge on any atom is 0.231 e. The minimum atomic E-state index is 0.208. The number of hydrogen-bond acceptors (Lipinski definition) is 3.